The van der Waals surface area contributed by atoms with Crippen molar-refractivity contribution in [3.63, 3.8) is 0 Å². The van der Waals surface area contributed by atoms with Crippen LogP contribution in [-0.4, -0.2) is 46.3 Å². The van der Waals surface area contributed by atoms with Crippen molar-refractivity contribution in [2.75, 3.05) is 23.4 Å². The number of amides is 4. The Kier molecular flexibility index (Phi) is 5.07. The standard InChI is InChI=1S/C15H19N3O3S/c1-15(2)13(20)18(14(21)17-15)8-9-22-10-12(19)16-11-6-4-3-5-7-11/h3-7H,8-10H2,1-2H3,(H,16,19)(H,17,21). The van der Waals surface area contributed by atoms with Gasteiger partial charge in [-0.05, 0) is 26.0 Å². The van der Waals surface area contributed by atoms with Crippen molar-refractivity contribution in [3.05, 3.63) is 30.3 Å². The maximum Gasteiger partial charge on any atom is 0.325 e. The van der Waals surface area contributed by atoms with E-state index in [0.29, 0.717) is 12.3 Å². The van der Waals surface area contributed by atoms with Crippen LogP contribution in [0.5, 0.6) is 0 Å². The van der Waals surface area contributed by atoms with Crippen molar-refractivity contribution in [2.45, 2.75) is 19.4 Å². The highest BCUT2D eigenvalue weighted by Gasteiger charge is 2.43. The highest BCUT2D eigenvalue weighted by molar-refractivity contribution is 7.99. The molecular formula is C15H19N3O3S. The van der Waals surface area contributed by atoms with Gasteiger partial charge in [-0.25, -0.2) is 4.79 Å². The predicted octanol–water partition coefficient (Wildman–Crippen LogP) is 1.69. The van der Waals surface area contributed by atoms with Gasteiger partial charge in [-0.2, -0.15) is 11.8 Å². The third-order valence-electron chi connectivity index (χ3n) is 3.19. The Labute approximate surface area is 133 Å². The summed E-state index contributed by atoms with van der Waals surface area (Å²) in [6.45, 7) is 3.65. The summed E-state index contributed by atoms with van der Waals surface area (Å²) in [6, 6.07) is 8.84. The van der Waals surface area contributed by atoms with Gasteiger partial charge in [-0.15, -0.1) is 0 Å². The number of carbonyl (C=O) groups is 3. The smallest absolute Gasteiger partial charge is 0.325 e. The van der Waals surface area contributed by atoms with Crippen LogP contribution in [0.25, 0.3) is 0 Å². The summed E-state index contributed by atoms with van der Waals surface area (Å²) < 4.78 is 0. The summed E-state index contributed by atoms with van der Waals surface area (Å²) in [5.74, 6) is 0.472. The number of para-hydroxylation sites is 1. The lowest BCUT2D eigenvalue weighted by molar-refractivity contribution is -0.130. The van der Waals surface area contributed by atoms with Gasteiger partial charge in [0.25, 0.3) is 5.91 Å². The molecule has 1 heterocycles. The van der Waals surface area contributed by atoms with Crippen LogP contribution in [0.1, 0.15) is 13.8 Å². The van der Waals surface area contributed by atoms with E-state index in [-0.39, 0.29) is 23.6 Å². The molecular weight excluding hydrogens is 302 g/mol. The van der Waals surface area contributed by atoms with Crippen molar-refractivity contribution in [3.8, 4) is 0 Å². The van der Waals surface area contributed by atoms with Gasteiger partial charge in [-0.3, -0.25) is 14.5 Å². The van der Waals surface area contributed by atoms with E-state index in [1.165, 1.54) is 16.7 Å². The number of nitrogens with zero attached hydrogens (tertiary/aromatic N) is 1. The average molecular weight is 321 g/mol. The van der Waals surface area contributed by atoms with Crippen molar-refractivity contribution >= 4 is 35.3 Å². The van der Waals surface area contributed by atoms with Gasteiger partial charge in [-0.1, -0.05) is 18.2 Å². The van der Waals surface area contributed by atoms with Crippen LogP contribution in [0.2, 0.25) is 0 Å². The lowest BCUT2D eigenvalue weighted by Gasteiger charge is -2.15. The molecule has 0 aliphatic carbocycles. The summed E-state index contributed by atoms with van der Waals surface area (Å²) in [4.78, 5) is 36.6. The van der Waals surface area contributed by atoms with Gasteiger partial charge >= 0.3 is 6.03 Å². The van der Waals surface area contributed by atoms with Gasteiger partial charge in [0.2, 0.25) is 5.91 Å². The molecule has 2 N–H and O–H groups in total. The Morgan fingerprint density at radius 2 is 1.95 bits per heavy atom. The Morgan fingerprint density at radius 1 is 1.27 bits per heavy atom. The summed E-state index contributed by atoms with van der Waals surface area (Å²) in [6.07, 6.45) is 0. The monoisotopic (exact) mass is 321 g/mol. The summed E-state index contributed by atoms with van der Waals surface area (Å²) in [5.41, 5.74) is -0.0872. The molecule has 0 saturated carbocycles. The van der Waals surface area contributed by atoms with E-state index in [4.69, 9.17) is 0 Å². The molecule has 1 saturated heterocycles. The summed E-state index contributed by atoms with van der Waals surface area (Å²) in [7, 11) is 0. The molecule has 22 heavy (non-hydrogen) atoms. The fourth-order valence-electron chi connectivity index (χ4n) is 2.06. The van der Waals surface area contributed by atoms with Gasteiger partial charge in [0.15, 0.2) is 0 Å². The largest absolute Gasteiger partial charge is 0.325 e. The molecule has 1 aromatic rings. The van der Waals surface area contributed by atoms with Crippen molar-refractivity contribution < 1.29 is 14.4 Å². The first-order valence-corrected chi connectivity index (χ1v) is 8.12. The minimum absolute atomic E-state index is 0.103. The number of thioether (sulfide) groups is 1. The lowest BCUT2D eigenvalue weighted by atomic mass is 10.1. The third-order valence-corrected chi connectivity index (χ3v) is 4.13. The van der Waals surface area contributed by atoms with E-state index in [1.54, 1.807) is 13.8 Å². The number of hydrogen-bond acceptors (Lipinski definition) is 4. The van der Waals surface area contributed by atoms with Gasteiger partial charge in [0.1, 0.15) is 5.54 Å². The number of imide groups is 1. The van der Waals surface area contributed by atoms with Crippen LogP contribution in [-0.2, 0) is 9.59 Å². The average Bonchev–Trinajstić information content (AvgIpc) is 2.65. The maximum absolute atomic E-state index is 12.0. The Morgan fingerprint density at radius 3 is 2.55 bits per heavy atom. The number of anilines is 1. The van der Waals surface area contributed by atoms with E-state index in [2.05, 4.69) is 10.6 Å². The minimum Gasteiger partial charge on any atom is -0.325 e. The van der Waals surface area contributed by atoms with E-state index in [0.717, 1.165) is 5.69 Å². The third kappa shape index (κ3) is 4.00. The SMILES string of the molecule is CC1(C)NC(=O)N(CCSCC(=O)Nc2ccccc2)C1=O. The number of carbonyl (C=O) groups excluding carboxylic acids is 3. The first kappa shape index (κ1) is 16.4. The van der Waals surface area contributed by atoms with Crippen molar-refractivity contribution in [2.24, 2.45) is 0 Å². The Balaban J connectivity index is 1.70. The molecule has 4 amide bonds. The molecule has 1 fully saturated rings. The van der Waals surface area contributed by atoms with Crippen LogP contribution >= 0.6 is 11.8 Å². The lowest BCUT2D eigenvalue weighted by Crippen LogP contribution is -2.40. The van der Waals surface area contributed by atoms with Crippen LogP contribution in [0.15, 0.2) is 30.3 Å². The molecule has 1 aliphatic rings. The highest BCUT2D eigenvalue weighted by atomic mass is 32.2. The first-order valence-electron chi connectivity index (χ1n) is 6.97. The van der Waals surface area contributed by atoms with Crippen molar-refractivity contribution in [1.29, 1.82) is 0 Å². The Bertz CT molecular complexity index is 575. The number of nitrogens with one attached hydrogen (secondary N) is 2. The maximum atomic E-state index is 12.0. The fraction of sp³-hybridized carbons (Fsp3) is 0.400. The topological polar surface area (TPSA) is 78.5 Å². The highest BCUT2D eigenvalue weighted by Crippen LogP contribution is 2.17. The Hall–Kier alpha value is -2.02. The zero-order chi connectivity index (χ0) is 16.2. The van der Waals surface area contributed by atoms with E-state index < -0.39 is 5.54 Å². The quantitative estimate of drug-likeness (QED) is 0.617. The molecule has 118 valence electrons. The second-order valence-electron chi connectivity index (χ2n) is 5.48. The predicted molar refractivity (Wildman–Crippen MR) is 86.7 cm³/mol. The van der Waals surface area contributed by atoms with Crippen LogP contribution < -0.4 is 10.6 Å². The normalized spacial score (nSPS) is 16.5. The summed E-state index contributed by atoms with van der Waals surface area (Å²) in [5, 5.41) is 5.41. The molecule has 0 atom stereocenters. The zero-order valence-electron chi connectivity index (χ0n) is 12.6. The second kappa shape index (κ2) is 6.83. The van der Waals surface area contributed by atoms with Gasteiger partial charge in [0, 0.05) is 18.0 Å². The van der Waals surface area contributed by atoms with Crippen molar-refractivity contribution in [1.82, 2.24) is 10.2 Å². The van der Waals surface area contributed by atoms with E-state index in [9.17, 15) is 14.4 Å². The number of hydrogen-bond donors (Lipinski definition) is 2. The second-order valence-corrected chi connectivity index (χ2v) is 6.58. The van der Waals surface area contributed by atoms with E-state index >= 15 is 0 Å². The number of urea groups is 1. The molecule has 0 radical (unpaired) electrons. The molecule has 1 aliphatic heterocycles. The molecule has 0 unspecified atom stereocenters. The molecule has 0 spiro atoms. The minimum atomic E-state index is -0.841. The molecule has 2 rings (SSSR count). The van der Waals surface area contributed by atoms with Gasteiger partial charge in [0.05, 0.1) is 5.75 Å². The first-order chi connectivity index (χ1) is 10.4. The zero-order valence-corrected chi connectivity index (χ0v) is 13.4. The number of rotatable bonds is 6. The molecule has 1 aromatic carbocycles. The van der Waals surface area contributed by atoms with Crippen LogP contribution in [0.4, 0.5) is 10.5 Å². The summed E-state index contributed by atoms with van der Waals surface area (Å²) >= 11 is 1.39. The molecule has 7 heteroatoms. The van der Waals surface area contributed by atoms with Gasteiger partial charge < -0.3 is 10.6 Å². The van der Waals surface area contributed by atoms with E-state index in [1.807, 2.05) is 30.3 Å². The fourth-order valence-corrected chi connectivity index (χ4v) is 2.77. The van der Waals surface area contributed by atoms with Crippen LogP contribution in [0.3, 0.4) is 0 Å². The molecule has 6 nitrogen and oxygen atoms in total. The van der Waals surface area contributed by atoms with Crippen LogP contribution in [0, 0.1) is 0 Å². The molecule has 0 bridgehead atoms. The number of benzene rings is 1. The molecule has 0 aromatic heterocycles.